The zero-order valence-electron chi connectivity index (χ0n) is 36.6. The van der Waals surface area contributed by atoms with Crippen molar-refractivity contribution in [1.29, 1.82) is 5.26 Å². The van der Waals surface area contributed by atoms with Crippen LogP contribution in [0.15, 0.2) is 200 Å². The van der Waals surface area contributed by atoms with Crippen LogP contribution in [-0.4, -0.2) is 28.2 Å². The first-order valence-electron chi connectivity index (χ1n) is 21.5. The van der Waals surface area contributed by atoms with E-state index in [0.29, 0.717) is 5.56 Å². The number of hydrogen-bond donors (Lipinski definition) is 0. The molecule has 0 bridgehead atoms. The topological polar surface area (TPSA) is 36.8 Å². The highest BCUT2D eigenvalue weighted by Crippen LogP contribution is 2.37. The lowest BCUT2D eigenvalue weighted by molar-refractivity contribution is 1.13. The third kappa shape index (κ3) is 8.85. The van der Waals surface area contributed by atoms with Crippen molar-refractivity contribution in [3.8, 4) is 6.07 Å². The first kappa shape index (κ1) is 41.0. The molecule has 0 unspecified atom stereocenters. The van der Waals surface area contributed by atoms with Crippen molar-refractivity contribution in [3.05, 3.63) is 228 Å². The molecule has 0 fully saturated rings. The Morgan fingerprint density at radius 3 is 1.12 bits per heavy atom. The van der Waals surface area contributed by atoms with Crippen molar-refractivity contribution in [2.24, 2.45) is 0 Å². The van der Waals surface area contributed by atoms with Crippen LogP contribution < -0.4 is 19.6 Å². The molecule has 0 heterocycles. The Kier molecular flexibility index (Phi) is 11.8. The zero-order chi connectivity index (χ0) is 44.0. The van der Waals surface area contributed by atoms with Crippen molar-refractivity contribution >= 4 is 91.3 Å². The highest BCUT2D eigenvalue weighted by Gasteiger charge is 2.15. The minimum absolute atomic E-state index is 0.692. The molecular weight excluding hydrogens is 779 g/mol. The van der Waals surface area contributed by atoms with E-state index in [0.717, 1.165) is 89.3 Å². The Hall–Kier alpha value is -8.33. The van der Waals surface area contributed by atoms with Crippen LogP contribution in [-0.2, 0) is 0 Å². The second kappa shape index (κ2) is 18.3. The molecule has 310 valence electrons. The summed E-state index contributed by atoms with van der Waals surface area (Å²) >= 11 is 0. The Balaban J connectivity index is 0.928. The standard InChI is InChI=1S/C59H49N5/c1-61(2)49-30-34-55(35-31-49)63(51-11-7-5-8-12-51)53-26-20-43(21-27-53)15-17-45-24-38-57-48(39-45)41-47-25-19-46(40-58(47)59(57)42-60)18-16-44-22-28-54(29-23-44)64(52-13-9-6-10-14-52)56-36-32-50(33-37-56)62(3)4/h5-41H,1-4H3/b17-15+,18-16+. The first-order chi connectivity index (χ1) is 31.3. The molecule has 0 amide bonds. The van der Waals surface area contributed by atoms with Crippen LogP contribution in [0.1, 0.15) is 27.8 Å². The molecule has 9 aromatic carbocycles. The van der Waals surface area contributed by atoms with Crippen molar-refractivity contribution < 1.29 is 0 Å². The molecule has 0 saturated carbocycles. The van der Waals surface area contributed by atoms with Crippen LogP contribution >= 0.6 is 0 Å². The summed E-state index contributed by atoms with van der Waals surface area (Å²) in [6.45, 7) is 0. The van der Waals surface area contributed by atoms with Gasteiger partial charge in [-0.15, -0.1) is 0 Å². The SMILES string of the molecule is CN(C)c1ccc(N(c2ccccc2)c2ccc(/C=C/c3ccc4c(C#N)c5cc(/C=C/c6ccc(N(c7ccccc7)c7ccc(N(C)C)cc7)cc6)ccc5cc4c3)cc2)cc1. The Morgan fingerprint density at radius 2 is 0.688 bits per heavy atom. The van der Waals surface area contributed by atoms with E-state index in [1.807, 2.05) is 12.1 Å². The summed E-state index contributed by atoms with van der Waals surface area (Å²) in [6.07, 6.45) is 8.54. The minimum atomic E-state index is 0.692. The van der Waals surface area contributed by atoms with Crippen molar-refractivity contribution in [2.45, 2.75) is 0 Å². The van der Waals surface area contributed by atoms with Crippen molar-refractivity contribution in [1.82, 2.24) is 0 Å². The van der Waals surface area contributed by atoms with Gasteiger partial charge < -0.3 is 19.6 Å². The normalized spacial score (nSPS) is 11.3. The first-order valence-corrected chi connectivity index (χ1v) is 21.5. The lowest BCUT2D eigenvalue weighted by atomic mass is 9.94. The summed E-state index contributed by atoms with van der Waals surface area (Å²) < 4.78 is 0. The van der Waals surface area contributed by atoms with Crippen LogP contribution in [0.25, 0.3) is 45.8 Å². The largest absolute Gasteiger partial charge is 0.378 e. The molecule has 0 atom stereocenters. The number of nitriles is 1. The molecule has 0 radical (unpaired) electrons. The summed E-state index contributed by atoms with van der Waals surface area (Å²) in [5, 5.41) is 14.5. The van der Waals surface area contributed by atoms with Gasteiger partial charge in [-0.2, -0.15) is 5.26 Å². The summed E-state index contributed by atoms with van der Waals surface area (Å²) in [6, 6.07) is 72.9. The van der Waals surface area contributed by atoms with E-state index in [1.165, 1.54) is 0 Å². The molecule has 64 heavy (non-hydrogen) atoms. The highest BCUT2D eigenvalue weighted by molar-refractivity contribution is 6.05. The molecule has 0 aliphatic heterocycles. The van der Waals surface area contributed by atoms with Crippen LogP contribution in [0.3, 0.4) is 0 Å². The quantitative estimate of drug-likeness (QED) is 0.0906. The summed E-state index contributed by atoms with van der Waals surface area (Å²) in [4.78, 5) is 8.77. The van der Waals surface area contributed by atoms with Gasteiger partial charge in [0.25, 0.3) is 0 Å². The molecule has 0 aliphatic carbocycles. The molecule has 9 aromatic rings. The van der Waals surface area contributed by atoms with Gasteiger partial charge in [-0.1, -0.05) is 109 Å². The fourth-order valence-corrected chi connectivity index (χ4v) is 8.19. The van der Waals surface area contributed by atoms with E-state index < -0.39 is 0 Å². The van der Waals surface area contributed by atoms with Crippen LogP contribution in [0.4, 0.5) is 45.5 Å². The number of rotatable bonds is 12. The maximum absolute atomic E-state index is 10.5. The van der Waals surface area contributed by atoms with Gasteiger partial charge in [0, 0.05) is 84.5 Å². The minimum Gasteiger partial charge on any atom is -0.378 e. The average Bonchev–Trinajstić information content (AvgIpc) is 3.34. The lowest BCUT2D eigenvalue weighted by Gasteiger charge is -2.26. The van der Waals surface area contributed by atoms with E-state index in [-0.39, 0.29) is 0 Å². The number of para-hydroxylation sites is 2. The lowest BCUT2D eigenvalue weighted by Crippen LogP contribution is -2.11. The third-order valence-corrected chi connectivity index (χ3v) is 11.6. The van der Waals surface area contributed by atoms with Crippen molar-refractivity contribution in [2.75, 3.05) is 47.8 Å². The van der Waals surface area contributed by atoms with Gasteiger partial charge >= 0.3 is 0 Å². The second-order valence-electron chi connectivity index (χ2n) is 16.3. The monoisotopic (exact) mass is 827 g/mol. The molecule has 0 aliphatic rings. The van der Waals surface area contributed by atoms with Gasteiger partial charge in [-0.25, -0.2) is 0 Å². The zero-order valence-corrected chi connectivity index (χ0v) is 36.6. The second-order valence-corrected chi connectivity index (χ2v) is 16.3. The highest BCUT2D eigenvalue weighted by atomic mass is 15.1. The summed E-state index contributed by atoms with van der Waals surface area (Å²) in [5.74, 6) is 0. The number of benzene rings is 9. The number of hydrogen-bond acceptors (Lipinski definition) is 5. The van der Waals surface area contributed by atoms with Gasteiger partial charge in [0.1, 0.15) is 6.07 Å². The van der Waals surface area contributed by atoms with Gasteiger partial charge in [-0.3, -0.25) is 0 Å². The van der Waals surface area contributed by atoms with Crippen molar-refractivity contribution in [3.63, 3.8) is 0 Å². The van der Waals surface area contributed by atoms with Gasteiger partial charge in [-0.05, 0) is 148 Å². The van der Waals surface area contributed by atoms with Crippen LogP contribution in [0, 0.1) is 11.3 Å². The fraction of sp³-hybridized carbons (Fsp3) is 0.0678. The van der Waals surface area contributed by atoms with E-state index in [2.05, 4.69) is 266 Å². The van der Waals surface area contributed by atoms with E-state index in [9.17, 15) is 5.26 Å². The van der Waals surface area contributed by atoms with E-state index in [4.69, 9.17) is 0 Å². The Labute approximate surface area is 376 Å². The Bertz CT molecular complexity index is 3130. The molecule has 9 rings (SSSR count). The number of nitrogens with zero attached hydrogens (tertiary/aromatic N) is 5. The number of anilines is 8. The molecule has 0 saturated heterocycles. The third-order valence-electron chi connectivity index (χ3n) is 11.6. The predicted molar refractivity (Wildman–Crippen MR) is 275 cm³/mol. The van der Waals surface area contributed by atoms with Crippen LogP contribution in [0.2, 0.25) is 0 Å². The van der Waals surface area contributed by atoms with Gasteiger partial charge in [0.15, 0.2) is 0 Å². The maximum atomic E-state index is 10.5. The molecule has 0 N–H and O–H groups in total. The Morgan fingerprint density at radius 1 is 0.328 bits per heavy atom. The molecule has 0 aromatic heterocycles. The average molecular weight is 828 g/mol. The summed E-state index contributed by atoms with van der Waals surface area (Å²) in [7, 11) is 8.23. The summed E-state index contributed by atoms with van der Waals surface area (Å²) in [5.41, 5.74) is 13.9. The van der Waals surface area contributed by atoms with E-state index in [1.54, 1.807) is 0 Å². The molecular formula is C59H49N5. The van der Waals surface area contributed by atoms with Crippen LogP contribution in [0.5, 0.6) is 0 Å². The maximum Gasteiger partial charge on any atom is 0.100 e. The number of fused-ring (bicyclic) bond motifs is 2. The fourth-order valence-electron chi connectivity index (χ4n) is 8.19. The van der Waals surface area contributed by atoms with E-state index >= 15 is 0 Å². The van der Waals surface area contributed by atoms with Gasteiger partial charge in [0.05, 0.1) is 5.56 Å². The molecule has 0 spiro atoms. The molecule has 5 heteroatoms. The van der Waals surface area contributed by atoms with Gasteiger partial charge in [0.2, 0.25) is 0 Å². The smallest absolute Gasteiger partial charge is 0.100 e. The predicted octanol–water partition coefficient (Wildman–Crippen LogP) is 15.3. The molecule has 5 nitrogen and oxygen atoms in total.